The summed E-state index contributed by atoms with van der Waals surface area (Å²) in [7, 11) is 0. The first-order valence-electron chi connectivity index (χ1n) is 8.75. The summed E-state index contributed by atoms with van der Waals surface area (Å²) in [4.78, 5) is 14.0. The van der Waals surface area contributed by atoms with Crippen molar-refractivity contribution in [2.75, 3.05) is 13.1 Å². The Morgan fingerprint density at radius 2 is 1.73 bits per heavy atom. The van der Waals surface area contributed by atoms with Crippen LogP contribution in [-0.4, -0.2) is 24.0 Å². The Hall–Kier alpha value is -1.35. The number of carbonyl (C=O) groups is 1. The van der Waals surface area contributed by atoms with Crippen LogP contribution in [0.15, 0.2) is 24.3 Å². The molecule has 0 bridgehead atoms. The van der Waals surface area contributed by atoms with Crippen LogP contribution in [-0.2, 0) is 10.3 Å². The van der Waals surface area contributed by atoms with Crippen LogP contribution in [0.3, 0.4) is 0 Å². The molecule has 1 saturated carbocycles. The first kappa shape index (κ1) is 15.5. The molecule has 0 amide bonds. The lowest BCUT2D eigenvalue weighted by Crippen LogP contribution is -2.49. The molecule has 1 aliphatic carbocycles. The van der Waals surface area contributed by atoms with E-state index in [1.165, 1.54) is 76.9 Å². The largest absolute Gasteiger partial charge is 0.427 e. The number of carbonyl (C=O) groups excluding carboxylic acids is 1. The average molecular weight is 301 g/mol. The Kier molecular flexibility index (Phi) is 4.82. The van der Waals surface area contributed by atoms with Gasteiger partial charge in [-0.25, -0.2) is 0 Å². The van der Waals surface area contributed by atoms with Crippen molar-refractivity contribution in [2.45, 2.75) is 63.8 Å². The molecule has 0 atom stereocenters. The molecule has 120 valence electrons. The van der Waals surface area contributed by atoms with Crippen molar-refractivity contribution < 1.29 is 9.53 Å². The van der Waals surface area contributed by atoms with Gasteiger partial charge in [-0.1, -0.05) is 37.8 Å². The summed E-state index contributed by atoms with van der Waals surface area (Å²) in [6, 6.07) is 8.25. The van der Waals surface area contributed by atoms with Crippen molar-refractivity contribution >= 4 is 5.97 Å². The van der Waals surface area contributed by atoms with Gasteiger partial charge in [-0.15, -0.1) is 0 Å². The minimum atomic E-state index is -0.243. The van der Waals surface area contributed by atoms with E-state index in [1.54, 1.807) is 0 Å². The zero-order chi connectivity index (χ0) is 15.4. The number of ether oxygens (including phenoxy) is 1. The van der Waals surface area contributed by atoms with Gasteiger partial charge in [0.25, 0.3) is 0 Å². The Bertz CT molecular complexity index is 514. The van der Waals surface area contributed by atoms with Gasteiger partial charge in [0.15, 0.2) is 0 Å². The van der Waals surface area contributed by atoms with Crippen molar-refractivity contribution in [1.82, 2.24) is 4.90 Å². The molecule has 3 nitrogen and oxygen atoms in total. The zero-order valence-electron chi connectivity index (χ0n) is 13.6. The van der Waals surface area contributed by atoms with E-state index in [0.29, 0.717) is 5.75 Å². The summed E-state index contributed by atoms with van der Waals surface area (Å²) in [6.45, 7) is 3.88. The molecule has 0 aromatic heterocycles. The lowest BCUT2D eigenvalue weighted by Gasteiger charge is -2.48. The topological polar surface area (TPSA) is 29.5 Å². The van der Waals surface area contributed by atoms with E-state index in [2.05, 4.69) is 17.0 Å². The van der Waals surface area contributed by atoms with Gasteiger partial charge in [-0.3, -0.25) is 9.69 Å². The smallest absolute Gasteiger partial charge is 0.308 e. The number of esters is 1. The fourth-order valence-corrected chi connectivity index (χ4v) is 4.26. The quantitative estimate of drug-likeness (QED) is 0.617. The van der Waals surface area contributed by atoms with Gasteiger partial charge in [0, 0.05) is 12.5 Å². The highest BCUT2D eigenvalue weighted by Crippen LogP contribution is 2.44. The number of hydrogen-bond donors (Lipinski definition) is 0. The number of nitrogens with zero attached hydrogens (tertiary/aromatic N) is 1. The summed E-state index contributed by atoms with van der Waals surface area (Å²) in [5.74, 6) is 0.444. The van der Waals surface area contributed by atoms with E-state index in [9.17, 15) is 4.79 Å². The molecular formula is C19H27NO2. The lowest BCUT2D eigenvalue weighted by molar-refractivity contribution is -0.131. The second-order valence-corrected chi connectivity index (χ2v) is 6.76. The molecule has 1 aromatic carbocycles. The zero-order valence-corrected chi connectivity index (χ0v) is 13.6. The Morgan fingerprint density at radius 3 is 2.41 bits per heavy atom. The van der Waals surface area contributed by atoms with Crippen LogP contribution in [0.5, 0.6) is 5.75 Å². The maximum Gasteiger partial charge on any atom is 0.308 e. The Balaban J connectivity index is 1.92. The van der Waals surface area contributed by atoms with Gasteiger partial charge >= 0.3 is 5.97 Å². The normalized spacial score (nSPS) is 22.2. The Morgan fingerprint density at radius 1 is 1.05 bits per heavy atom. The molecule has 0 N–H and O–H groups in total. The first-order valence-corrected chi connectivity index (χ1v) is 8.75. The molecule has 3 rings (SSSR count). The number of likely N-dealkylation sites (tertiary alicyclic amines) is 1. The van der Waals surface area contributed by atoms with E-state index in [4.69, 9.17) is 4.74 Å². The third kappa shape index (κ3) is 3.19. The summed E-state index contributed by atoms with van der Waals surface area (Å²) < 4.78 is 5.32. The molecule has 0 spiro atoms. The molecule has 3 heteroatoms. The highest BCUT2D eigenvalue weighted by Gasteiger charge is 2.39. The van der Waals surface area contributed by atoms with E-state index in [1.807, 2.05) is 12.1 Å². The van der Waals surface area contributed by atoms with E-state index in [-0.39, 0.29) is 11.5 Å². The van der Waals surface area contributed by atoms with Gasteiger partial charge in [0.05, 0.1) is 0 Å². The number of piperidine rings is 1. The van der Waals surface area contributed by atoms with Crippen molar-refractivity contribution in [3.63, 3.8) is 0 Å². The van der Waals surface area contributed by atoms with Gasteiger partial charge < -0.3 is 4.74 Å². The van der Waals surface area contributed by atoms with Gasteiger partial charge in [-0.2, -0.15) is 0 Å². The summed E-state index contributed by atoms with van der Waals surface area (Å²) in [6.07, 6.45) is 10.4. The van der Waals surface area contributed by atoms with Crippen molar-refractivity contribution in [2.24, 2.45) is 0 Å². The highest BCUT2D eigenvalue weighted by atomic mass is 16.5. The average Bonchev–Trinajstić information content (AvgIpc) is 2.56. The molecule has 2 aliphatic rings. The van der Waals surface area contributed by atoms with Gasteiger partial charge in [-0.05, 0) is 56.5 Å². The second kappa shape index (κ2) is 6.82. The fourth-order valence-electron chi connectivity index (χ4n) is 4.26. The van der Waals surface area contributed by atoms with Gasteiger partial charge in [0.2, 0.25) is 0 Å². The second-order valence-electron chi connectivity index (χ2n) is 6.76. The summed E-state index contributed by atoms with van der Waals surface area (Å²) in [5.41, 5.74) is 1.50. The summed E-state index contributed by atoms with van der Waals surface area (Å²) in [5, 5.41) is 0. The monoisotopic (exact) mass is 301 g/mol. The molecule has 0 unspecified atom stereocenters. The van der Waals surface area contributed by atoms with E-state index >= 15 is 0 Å². The van der Waals surface area contributed by atoms with Crippen molar-refractivity contribution in [3.8, 4) is 5.75 Å². The Labute approximate surface area is 133 Å². The van der Waals surface area contributed by atoms with Crippen LogP contribution < -0.4 is 4.74 Å². The van der Waals surface area contributed by atoms with Crippen LogP contribution >= 0.6 is 0 Å². The van der Waals surface area contributed by atoms with Crippen molar-refractivity contribution in [3.05, 3.63) is 29.8 Å². The molecule has 2 fully saturated rings. The van der Waals surface area contributed by atoms with Crippen molar-refractivity contribution in [1.29, 1.82) is 0 Å². The fraction of sp³-hybridized carbons (Fsp3) is 0.632. The third-order valence-corrected chi connectivity index (χ3v) is 5.28. The minimum absolute atomic E-state index is 0.162. The molecule has 1 aromatic rings. The highest BCUT2D eigenvalue weighted by molar-refractivity contribution is 5.69. The standard InChI is InChI=1S/C19H27NO2/c1-16(21)22-18-10-8-9-17(15-18)19(11-4-2-5-12-19)20-13-6-3-7-14-20/h8-10,15H,2-7,11-14H2,1H3. The minimum Gasteiger partial charge on any atom is -0.427 e. The van der Waals surface area contributed by atoms with E-state index in [0.717, 1.165) is 0 Å². The van der Waals surface area contributed by atoms with Gasteiger partial charge in [0.1, 0.15) is 5.75 Å². The van der Waals surface area contributed by atoms with Crippen LogP contribution in [0.4, 0.5) is 0 Å². The first-order chi connectivity index (χ1) is 10.7. The lowest BCUT2D eigenvalue weighted by atomic mass is 9.74. The van der Waals surface area contributed by atoms with Crippen LogP contribution in [0.2, 0.25) is 0 Å². The number of hydrogen-bond acceptors (Lipinski definition) is 3. The number of benzene rings is 1. The molecule has 1 heterocycles. The van der Waals surface area contributed by atoms with Crippen LogP contribution in [0.1, 0.15) is 63.9 Å². The summed E-state index contributed by atoms with van der Waals surface area (Å²) >= 11 is 0. The van der Waals surface area contributed by atoms with E-state index < -0.39 is 0 Å². The van der Waals surface area contributed by atoms with Crippen LogP contribution in [0.25, 0.3) is 0 Å². The third-order valence-electron chi connectivity index (χ3n) is 5.28. The predicted molar refractivity (Wildman–Crippen MR) is 87.9 cm³/mol. The molecule has 1 saturated heterocycles. The van der Waals surface area contributed by atoms with Crippen LogP contribution in [0, 0.1) is 0 Å². The molecule has 1 aliphatic heterocycles. The maximum atomic E-state index is 11.2. The molecule has 0 radical (unpaired) electrons. The maximum absolute atomic E-state index is 11.2. The molecule has 22 heavy (non-hydrogen) atoms. The number of rotatable bonds is 3. The SMILES string of the molecule is CC(=O)Oc1cccc(C2(N3CCCCC3)CCCCC2)c1. The molecular weight excluding hydrogens is 274 g/mol. The predicted octanol–water partition coefficient (Wildman–Crippen LogP) is 4.26.